The van der Waals surface area contributed by atoms with Crippen molar-refractivity contribution in [2.45, 2.75) is 33.2 Å². The predicted octanol–water partition coefficient (Wildman–Crippen LogP) is 3.24. The van der Waals surface area contributed by atoms with E-state index in [0.717, 1.165) is 18.6 Å². The summed E-state index contributed by atoms with van der Waals surface area (Å²) in [5.74, 6) is -0.897. The Balaban J connectivity index is 2.92. The summed E-state index contributed by atoms with van der Waals surface area (Å²) in [5, 5.41) is 10.5. The van der Waals surface area contributed by atoms with Gasteiger partial charge in [-0.3, -0.25) is 14.9 Å². The highest BCUT2D eigenvalue weighted by molar-refractivity contribution is 5.94. The first-order valence-electron chi connectivity index (χ1n) is 6.45. The van der Waals surface area contributed by atoms with E-state index in [9.17, 15) is 19.3 Å². The molecule has 0 aliphatic heterocycles. The highest BCUT2D eigenvalue weighted by atomic mass is 19.1. The molecule has 1 aromatic carbocycles. The number of hydrogen-bond donors (Lipinski definition) is 0. The Bertz CT molecular complexity index is 517. The molecule has 0 N–H and O–H groups in total. The van der Waals surface area contributed by atoms with Crippen molar-refractivity contribution < 1.29 is 14.1 Å². The van der Waals surface area contributed by atoms with Crippen LogP contribution in [-0.2, 0) is 0 Å². The van der Waals surface area contributed by atoms with E-state index in [2.05, 4.69) is 13.8 Å². The molecule has 0 spiro atoms. The summed E-state index contributed by atoms with van der Waals surface area (Å²) in [7, 11) is 1.65. The second kappa shape index (κ2) is 6.45. The van der Waals surface area contributed by atoms with Gasteiger partial charge in [0, 0.05) is 24.7 Å². The minimum Gasteiger partial charge on any atom is -0.339 e. The number of carbonyl (C=O) groups is 1. The molecule has 0 heterocycles. The SMILES string of the molecule is CC(C)CC(C)N(C)C(=O)c1ccc([N+](=O)[O-])c(F)c1. The third-order valence-corrected chi connectivity index (χ3v) is 3.19. The largest absolute Gasteiger partial charge is 0.339 e. The lowest BCUT2D eigenvalue weighted by molar-refractivity contribution is -0.387. The van der Waals surface area contributed by atoms with Crippen molar-refractivity contribution in [3.63, 3.8) is 0 Å². The molecule has 1 rings (SSSR count). The molecule has 0 radical (unpaired) electrons. The second-order valence-corrected chi connectivity index (χ2v) is 5.32. The zero-order valence-corrected chi connectivity index (χ0v) is 12.1. The van der Waals surface area contributed by atoms with Crippen LogP contribution in [0, 0.1) is 21.8 Å². The van der Waals surface area contributed by atoms with Crippen molar-refractivity contribution in [2.24, 2.45) is 5.92 Å². The molecule has 6 heteroatoms. The van der Waals surface area contributed by atoms with Gasteiger partial charge in [-0.25, -0.2) is 0 Å². The smallest absolute Gasteiger partial charge is 0.304 e. The minimum absolute atomic E-state index is 0.0146. The zero-order chi connectivity index (χ0) is 15.4. The van der Waals surface area contributed by atoms with Gasteiger partial charge in [-0.2, -0.15) is 4.39 Å². The quantitative estimate of drug-likeness (QED) is 0.615. The molecule has 1 amide bonds. The second-order valence-electron chi connectivity index (χ2n) is 5.32. The van der Waals surface area contributed by atoms with Gasteiger partial charge < -0.3 is 4.90 Å². The van der Waals surface area contributed by atoms with Crippen LogP contribution >= 0.6 is 0 Å². The van der Waals surface area contributed by atoms with Crippen molar-refractivity contribution in [2.75, 3.05) is 7.05 Å². The molecule has 0 aliphatic rings. The number of rotatable bonds is 5. The lowest BCUT2D eigenvalue weighted by Crippen LogP contribution is -2.35. The summed E-state index contributed by atoms with van der Waals surface area (Å²) in [6.07, 6.45) is 0.831. The maximum Gasteiger partial charge on any atom is 0.304 e. The van der Waals surface area contributed by atoms with Crippen LogP contribution in [0.4, 0.5) is 10.1 Å². The monoisotopic (exact) mass is 282 g/mol. The number of nitrogens with zero attached hydrogens (tertiary/aromatic N) is 2. The number of carbonyl (C=O) groups excluding carboxylic acids is 1. The fourth-order valence-electron chi connectivity index (χ4n) is 2.03. The van der Waals surface area contributed by atoms with E-state index in [1.165, 1.54) is 11.0 Å². The van der Waals surface area contributed by atoms with E-state index in [-0.39, 0.29) is 17.5 Å². The molecule has 1 unspecified atom stereocenters. The summed E-state index contributed by atoms with van der Waals surface area (Å²) >= 11 is 0. The van der Waals surface area contributed by atoms with E-state index >= 15 is 0 Å². The van der Waals surface area contributed by atoms with Crippen molar-refractivity contribution in [3.8, 4) is 0 Å². The van der Waals surface area contributed by atoms with Gasteiger partial charge in [0.15, 0.2) is 0 Å². The first-order chi connectivity index (χ1) is 9.23. The summed E-state index contributed by atoms with van der Waals surface area (Å²) < 4.78 is 13.5. The highest BCUT2D eigenvalue weighted by Crippen LogP contribution is 2.20. The molecule has 5 nitrogen and oxygen atoms in total. The topological polar surface area (TPSA) is 63.5 Å². The summed E-state index contributed by atoms with van der Waals surface area (Å²) in [6.45, 7) is 6.03. The molecule has 0 fully saturated rings. The van der Waals surface area contributed by atoms with Crippen molar-refractivity contribution >= 4 is 11.6 Å². The number of amides is 1. The van der Waals surface area contributed by atoms with E-state index in [0.29, 0.717) is 5.92 Å². The average molecular weight is 282 g/mol. The van der Waals surface area contributed by atoms with Gasteiger partial charge in [-0.15, -0.1) is 0 Å². The lowest BCUT2D eigenvalue weighted by Gasteiger charge is -2.26. The Morgan fingerprint density at radius 1 is 1.40 bits per heavy atom. The molecule has 0 saturated heterocycles. The van der Waals surface area contributed by atoms with Crippen LogP contribution in [0.3, 0.4) is 0 Å². The number of benzene rings is 1. The van der Waals surface area contributed by atoms with Crippen LogP contribution in [0.1, 0.15) is 37.6 Å². The van der Waals surface area contributed by atoms with E-state index < -0.39 is 16.4 Å². The maximum atomic E-state index is 13.5. The number of nitro groups is 1. The Hall–Kier alpha value is -1.98. The van der Waals surface area contributed by atoms with Gasteiger partial charge in [-0.1, -0.05) is 13.8 Å². The molecular weight excluding hydrogens is 263 g/mol. The molecular formula is C14H19FN2O3. The molecule has 20 heavy (non-hydrogen) atoms. The molecule has 0 aromatic heterocycles. The van der Waals surface area contributed by atoms with Gasteiger partial charge in [0.2, 0.25) is 5.82 Å². The van der Waals surface area contributed by atoms with Crippen LogP contribution in [0.2, 0.25) is 0 Å². The van der Waals surface area contributed by atoms with Gasteiger partial charge >= 0.3 is 5.69 Å². The fourth-order valence-corrected chi connectivity index (χ4v) is 2.03. The maximum absolute atomic E-state index is 13.5. The normalized spacial score (nSPS) is 12.3. The minimum atomic E-state index is -0.995. The number of hydrogen-bond acceptors (Lipinski definition) is 3. The molecule has 110 valence electrons. The van der Waals surface area contributed by atoms with E-state index in [4.69, 9.17) is 0 Å². The van der Waals surface area contributed by atoms with Crippen LogP contribution in [0.25, 0.3) is 0 Å². The van der Waals surface area contributed by atoms with E-state index in [1.54, 1.807) is 7.05 Å². The first-order valence-corrected chi connectivity index (χ1v) is 6.45. The number of nitro benzene ring substituents is 1. The van der Waals surface area contributed by atoms with Crippen molar-refractivity contribution in [3.05, 3.63) is 39.7 Å². The standard InChI is InChI=1S/C14H19FN2O3/c1-9(2)7-10(3)16(4)14(18)11-5-6-13(17(19)20)12(15)8-11/h5-6,8-10H,7H2,1-4H3. The molecule has 0 aliphatic carbocycles. The molecule has 0 saturated carbocycles. The molecule has 1 aromatic rings. The third kappa shape index (κ3) is 3.76. The van der Waals surface area contributed by atoms with Crippen molar-refractivity contribution in [1.82, 2.24) is 4.90 Å². The molecule has 1 atom stereocenters. The lowest BCUT2D eigenvalue weighted by atomic mass is 10.0. The summed E-state index contributed by atoms with van der Waals surface area (Å²) in [4.78, 5) is 23.4. The van der Waals surface area contributed by atoms with Crippen LogP contribution in [0.5, 0.6) is 0 Å². The fraction of sp³-hybridized carbons (Fsp3) is 0.500. The van der Waals surface area contributed by atoms with Crippen LogP contribution in [0.15, 0.2) is 18.2 Å². The Morgan fingerprint density at radius 3 is 2.45 bits per heavy atom. The van der Waals surface area contributed by atoms with Gasteiger partial charge in [0.05, 0.1) is 4.92 Å². The Kier molecular flexibility index (Phi) is 5.19. The summed E-state index contributed by atoms with van der Waals surface area (Å²) in [5.41, 5.74) is -0.509. The highest BCUT2D eigenvalue weighted by Gasteiger charge is 2.21. The first kappa shape index (κ1) is 16.1. The van der Waals surface area contributed by atoms with Gasteiger partial charge in [-0.05, 0) is 31.4 Å². The third-order valence-electron chi connectivity index (χ3n) is 3.19. The average Bonchev–Trinajstić information content (AvgIpc) is 2.35. The number of halogens is 1. The predicted molar refractivity (Wildman–Crippen MR) is 74.1 cm³/mol. The van der Waals surface area contributed by atoms with Crippen LogP contribution < -0.4 is 0 Å². The van der Waals surface area contributed by atoms with Crippen molar-refractivity contribution in [1.29, 1.82) is 0 Å². The Labute approximate surface area is 117 Å². The van der Waals surface area contributed by atoms with Gasteiger partial charge in [0.25, 0.3) is 5.91 Å². The Morgan fingerprint density at radius 2 is 2.00 bits per heavy atom. The van der Waals surface area contributed by atoms with E-state index in [1.807, 2.05) is 6.92 Å². The van der Waals surface area contributed by atoms with Crippen LogP contribution in [-0.4, -0.2) is 28.8 Å². The van der Waals surface area contributed by atoms with Gasteiger partial charge in [0.1, 0.15) is 0 Å². The zero-order valence-electron chi connectivity index (χ0n) is 12.1. The summed E-state index contributed by atoms with van der Waals surface area (Å²) in [6, 6.07) is 3.23. The molecule has 0 bridgehead atoms.